The molecule has 4 N–H and O–H groups in total. The van der Waals surface area contributed by atoms with Gasteiger partial charge in [0.25, 0.3) is 0 Å². The van der Waals surface area contributed by atoms with Gasteiger partial charge >= 0.3 is 0 Å². The highest BCUT2D eigenvalue weighted by atomic mass is 19.1. The highest BCUT2D eigenvalue weighted by Gasteiger charge is 2.26. The lowest BCUT2D eigenvalue weighted by Crippen LogP contribution is -2.47. The van der Waals surface area contributed by atoms with Crippen molar-refractivity contribution in [3.05, 3.63) is 53.7 Å². The Morgan fingerprint density at radius 1 is 1.08 bits per heavy atom. The molecule has 0 radical (unpaired) electrons. The summed E-state index contributed by atoms with van der Waals surface area (Å²) in [6.45, 7) is 8.24. The minimum Gasteiger partial charge on any atom is -0.486 e. The summed E-state index contributed by atoms with van der Waals surface area (Å²) in [4.78, 5) is 14.7. The standard InChI is InChI=1S/C27H32F2N8O/c1-16(2)37-10-11-38-25-20(28)12-17(13-23(25)37)24-21(29)15-32-27(34-24)33-18-4-5-22(30)19(14-18)26(31)36-8-6-35(3)7-9-36/h4-5,12-16,31H,6-11,30H2,1-3H3,(H,32,33,34). The van der Waals surface area contributed by atoms with Crippen LogP contribution in [0.3, 0.4) is 0 Å². The first-order chi connectivity index (χ1) is 18.2. The number of hydrogen-bond acceptors (Lipinski definition) is 8. The van der Waals surface area contributed by atoms with E-state index in [1.807, 2.05) is 23.6 Å². The summed E-state index contributed by atoms with van der Waals surface area (Å²) in [5.41, 5.74) is 8.71. The predicted octanol–water partition coefficient (Wildman–Crippen LogP) is 3.93. The van der Waals surface area contributed by atoms with E-state index in [2.05, 4.69) is 27.2 Å². The molecule has 0 atom stereocenters. The van der Waals surface area contributed by atoms with Crippen LogP contribution in [-0.4, -0.2) is 78.0 Å². The molecule has 2 aliphatic rings. The van der Waals surface area contributed by atoms with E-state index < -0.39 is 11.6 Å². The van der Waals surface area contributed by atoms with Crippen LogP contribution in [0.2, 0.25) is 0 Å². The Kier molecular flexibility index (Phi) is 7.02. The molecule has 0 aliphatic carbocycles. The average molecular weight is 523 g/mol. The second-order valence-electron chi connectivity index (χ2n) is 9.90. The Bertz CT molecular complexity index is 1360. The number of nitrogen functional groups attached to an aromatic ring is 1. The first kappa shape index (κ1) is 25.7. The molecule has 38 heavy (non-hydrogen) atoms. The van der Waals surface area contributed by atoms with Gasteiger partial charge < -0.3 is 30.5 Å². The van der Waals surface area contributed by atoms with Gasteiger partial charge in [0.15, 0.2) is 17.4 Å². The zero-order chi connectivity index (χ0) is 27.0. The Morgan fingerprint density at radius 2 is 1.84 bits per heavy atom. The number of nitrogens with two attached hydrogens (primary N) is 1. The molecule has 0 spiro atoms. The summed E-state index contributed by atoms with van der Waals surface area (Å²) in [6, 6.07) is 8.27. The maximum Gasteiger partial charge on any atom is 0.227 e. The predicted molar refractivity (Wildman–Crippen MR) is 145 cm³/mol. The molecular weight excluding hydrogens is 490 g/mol. The fourth-order valence-corrected chi connectivity index (χ4v) is 4.77. The lowest BCUT2D eigenvalue weighted by atomic mass is 10.1. The van der Waals surface area contributed by atoms with Gasteiger partial charge in [0, 0.05) is 54.7 Å². The summed E-state index contributed by atoms with van der Waals surface area (Å²) in [5, 5.41) is 11.8. The van der Waals surface area contributed by atoms with Crippen LogP contribution in [-0.2, 0) is 0 Å². The van der Waals surface area contributed by atoms with E-state index in [0.717, 1.165) is 32.4 Å². The number of ether oxygens (including phenoxy) is 1. The van der Waals surface area contributed by atoms with Crippen LogP contribution < -0.4 is 20.7 Å². The number of fused-ring (bicyclic) bond motifs is 1. The van der Waals surface area contributed by atoms with Crippen molar-refractivity contribution < 1.29 is 13.5 Å². The number of rotatable bonds is 5. The van der Waals surface area contributed by atoms with E-state index >= 15 is 0 Å². The Balaban J connectivity index is 1.43. The highest BCUT2D eigenvalue weighted by molar-refractivity contribution is 6.02. The molecule has 2 aliphatic heterocycles. The van der Waals surface area contributed by atoms with Gasteiger partial charge in [-0.3, -0.25) is 5.41 Å². The van der Waals surface area contributed by atoms with Crippen molar-refractivity contribution in [1.82, 2.24) is 19.8 Å². The molecule has 1 saturated heterocycles. The van der Waals surface area contributed by atoms with Gasteiger partial charge in [-0.2, -0.15) is 0 Å². The molecule has 2 aromatic carbocycles. The van der Waals surface area contributed by atoms with Gasteiger partial charge in [0.05, 0.1) is 18.4 Å². The maximum absolute atomic E-state index is 15.0. The minimum atomic E-state index is -0.669. The number of nitrogens with zero attached hydrogens (tertiary/aromatic N) is 5. The normalized spacial score (nSPS) is 15.8. The fourth-order valence-electron chi connectivity index (χ4n) is 4.77. The van der Waals surface area contributed by atoms with Crippen molar-refractivity contribution in [1.29, 1.82) is 5.41 Å². The van der Waals surface area contributed by atoms with Gasteiger partial charge in [-0.15, -0.1) is 0 Å². The number of piperazine rings is 1. The number of nitrogens with one attached hydrogen (secondary N) is 2. The summed E-state index contributed by atoms with van der Waals surface area (Å²) >= 11 is 0. The molecule has 0 bridgehead atoms. The van der Waals surface area contributed by atoms with E-state index in [0.29, 0.717) is 41.6 Å². The minimum absolute atomic E-state index is 0.0284. The lowest BCUT2D eigenvalue weighted by molar-refractivity contribution is 0.215. The zero-order valence-electron chi connectivity index (χ0n) is 21.8. The molecule has 11 heteroatoms. The van der Waals surface area contributed by atoms with E-state index in [4.69, 9.17) is 15.9 Å². The van der Waals surface area contributed by atoms with Crippen LogP contribution in [0.5, 0.6) is 5.75 Å². The van der Waals surface area contributed by atoms with Crippen molar-refractivity contribution in [2.75, 3.05) is 62.3 Å². The van der Waals surface area contributed by atoms with Crippen molar-refractivity contribution in [3.8, 4) is 17.0 Å². The van der Waals surface area contributed by atoms with E-state index in [1.165, 1.54) is 6.07 Å². The third-order valence-electron chi connectivity index (χ3n) is 6.94. The number of anilines is 4. The number of amidine groups is 1. The molecule has 9 nitrogen and oxygen atoms in total. The molecule has 0 unspecified atom stereocenters. The first-order valence-electron chi connectivity index (χ1n) is 12.7. The average Bonchev–Trinajstić information content (AvgIpc) is 2.90. The van der Waals surface area contributed by atoms with Crippen molar-refractivity contribution in [3.63, 3.8) is 0 Å². The Morgan fingerprint density at radius 3 is 2.58 bits per heavy atom. The lowest BCUT2D eigenvalue weighted by Gasteiger charge is -2.34. The molecule has 1 fully saturated rings. The Hall–Kier alpha value is -3.99. The number of halogens is 2. The quantitative estimate of drug-likeness (QED) is 0.263. The first-order valence-corrected chi connectivity index (χ1v) is 12.7. The summed E-state index contributed by atoms with van der Waals surface area (Å²) < 4.78 is 35.4. The second kappa shape index (κ2) is 10.4. The molecular formula is C27H32F2N8O. The van der Waals surface area contributed by atoms with E-state index in [1.54, 1.807) is 24.3 Å². The SMILES string of the molecule is CC(C)N1CCOc2c(F)cc(-c3nc(Nc4ccc(N)c(C(=N)N5CCN(C)CC5)c4)ncc3F)cc21. The van der Waals surface area contributed by atoms with Crippen LogP contribution in [0.1, 0.15) is 19.4 Å². The number of likely N-dealkylation sites (N-methyl/N-ethyl adjacent to an activating group) is 1. The molecule has 1 aromatic heterocycles. The summed E-state index contributed by atoms with van der Waals surface area (Å²) in [6.07, 6.45) is 1.06. The van der Waals surface area contributed by atoms with Crippen molar-refractivity contribution in [2.24, 2.45) is 0 Å². The van der Waals surface area contributed by atoms with Gasteiger partial charge in [-0.1, -0.05) is 0 Å². The molecule has 0 amide bonds. The highest BCUT2D eigenvalue weighted by Crippen LogP contribution is 2.39. The van der Waals surface area contributed by atoms with Crippen LogP contribution in [0.15, 0.2) is 36.5 Å². The molecule has 5 rings (SSSR count). The van der Waals surface area contributed by atoms with E-state index in [9.17, 15) is 8.78 Å². The van der Waals surface area contributed by atoms with Crippen molar-refractivity contribution in [2.45, 2.75) is 19.9 Å². The fraction of sp³-hybridized carbons (Fsp3) is 0.370. The summed E-state index contributed by atoms with van der Waals surface area (Å²) in [5.74, 6) is -0.586. The smallest absolute Gasteiger partial charge is 0.227 e. The maximum atomic E-state index is 15.0. The number of benzene rings is 2. The number of hydrogen-bond donors (Lipinski definition) is 3. The zero-order valence-corrected chi connectivity index (χ0v) is 21.8. The topological polar surface area (TPSA) is 107 Å². The second-order valence-corrected chi connectivity index (χ2v) is 9.90. The van der Waals surface area contributed by atoms with Crippen molar-refractivity contribution >= 4 is 28.8 Å². The largest absolute Gasteiger partial charge is 0.486 e. The van der Waals surface area contributed by atoms with Crippen LogP contribution in [0, 0.1) is 17.0 Å². The molecule has 0 saturated carbocycles. The van der Waals surface area contributed by atoms with Gasteiger partial charge in [0.1, 0.15) is 18.1 Å². The third kappa shape index (κ3) is 5.06. The van der Waals surface area contributed by atoms with E-state index in [-0.39, 0.29) is 29.0 Å². The van der Waals surface area contributed by atoms with Gasteiger partial charge in [-0.25, -0.2) is 18.7 Å². The molecule has 3 aromatic rings. The van der Waals surface area contributed by atoms with Gasteiger partial charge in [-0.05, 0) is 51.2 Å². The monoisotopic (exact) mass is 522 g/mol. The van der Waals surface area contributed by atoms with Crippen LogP contribution >= 0.6 is 0 Å². The number of aromatic nitrogens is 2. The summed E-state index contributed by atoms with van der Waals surface area (Å²) in [7, 11) is 2.06. The Labute approximate surface area is 220 Å². The van der Waals surface area contributed by atoms with Crippen LogP contribution in [0.25, 0.3) is 11.3 Å². The van der Waals surface area contributed by atoms with Crippen LogP contribution in [0.4, 0.5) is 31.8 Å². The molecule has 200 valence electrons. The van der Waals surface area contributed by atoms with Gasteiger partial charge in [0.2, 0.25) is 5.95 Å². The third-order valence-corrected chi connectivity index (χ3v) is 6.94. The molecule has 3 heterocycles.